The largest absolute Gasteiger partial charge is 0.245 e. The van der Waals surface area contributed by atoms with Crippen LogP contribution in [0.5, 0.6) is 0 Å². The zero-order valence-corrected chi connectivity index (χ0v) is 21.6. The molecule has 0 amide bonds. The third kappa shape index (κ3) is 4.77. The van der Waals surface area contributed by atoms with Crippen LogP contribution in [0.1, 0.15) is 11.1 Å². The molecule has 182 valence electrons. The van der Waals surface area contributed by atoms with E-state index >= 15 is 0 Å². The van der Waals surface area contributed by atoms with Crippen molar-refractivity contribution in [2.24, 2.45) is 0 Å². The van der Waals surface area contributed by atoms with Crippen LogP contribution in [0.15, 0.2) is 133 Å². The van der Waals surface area contributed by atoms with Gasteiger partial charge in [0.25, 0.3) is 0 Å². The van der Waals surface area contributed by atoms with Gasteiger partial charge in [-0.15, -0.1) is 0 Å². The first-order valence-corrected chi connectivity index (χ1v) is 12.9. The standard InChI is InChI=1S/C36H28N2/c1-25-11-9-17-29(23-25)35-31(27-13-5-3-6-14-27)19-21-33(37-35)34-22-20-32(28-15-7-4-8-16-28)36(38-34)30-18-10-12-26(2)24-30/h3-24H,1-2H3. The van der Waals surface area contributed by atoms with E-state index in [9.17, 15) is 0 Å². The van der Waals surface area contributed by atoms with E-state index in [1.807, 2.05) is 12.1 Å². The number of hydrogen-bond acceptors (Lipinski definition) is 2. The summed E-state index contributed by atoms with van der Waals surface area (Å²) in [6, 6.07) is 46.5. The molecule has 0 atom stereocenters. The lowest BCUT2D eigenvalue weighted by atomic mass is 9.96. The van der Waals surface area contributed by atoms with Gasteiger partial charge in [0.1, 0.15) is 0 Å². The van der Waals surface area contributed by atoms with Crippen molar-refractivity contribution >= 4 is 0 Å². The van der Waals surface area contributed by atoms with E-state index < -0.39 is 0 Å². The van der Waals surface area contributed by atoms with Crippen molar-refractivity contribution in [1.82, 2.24) is 9.97 Å². The van der Waals surface area contributed by atoms with Crippen LogP contribution < -0.4 is 0 Å². The number of rotatable bonds is 5. The van der Waals surface area contributed by atoms with Gasteiger partial charge < -0.3 is 0 Å². The summed E-state index contributed by atoms with van der Waals surface area (Å²) >= 11 is 0. The lowest BCUT2D eigenvalue weighted by Crippen LogP contribution is -1.97. The third-order valence-corrected chi connectivity index (χ3v) is 6.81. The van der Waals surface area contributed by atoms with Gasteiger partial charge in [-0.3, -0.25) is 0 Å². The van der Waals surface area contributed by atoms with Gasteiger partial charge in [-0.2, -0.15) is 0 Å². The molecule has 0 aliphatic rings. The number of pyridine rings is 2. The lowest BCUT2D eigenvalue weighted by molar-refractivity contribution is 1.25. The van der Waals surface area contributed by atoms with Gasteiger partial charge in [0.05, 0.1) is 22.8 Å². The molecule has 0 saturated heterocycles. The van der Waals surface area contributed by atoms with E-state index in [1.54, 1.807) is 0 Å². The Kier molecular flexibility index (Phi) is 6.37. The number of aromatic nitrogens is 2. The molecule has 0 radical (unpaired) electrons. The normalized spacial score (nSPS) is 10.9. The van der Waals surface area contributed by atoms with Crippen molar-refractivity contribution in [3.63, 3.8) is 0 Å². The Morgan fingerprint density at radius 1 is 0.368 bits per heavy atom. The molecular formula is C36H28N2. The molecule has 0 aliphatic heterocycles. The summed E-state index contributed by atoms with van der Waals surface area (Å²) in [6.07, 6.45) is 0. The fraction of sp³-hybridized carbons (Fsp3) is 0.0556. The smallest absolute Gasteiger partial charge is 0.0894 e. The Hall–Kier alpha value is -4.82. The minimum absolute atomic E-state index is 0.856. The molecule has 0 spiro atoms. The Labute approximate surface area is 224 Å². The van der Waals surface area contributed by atoms with Gasteiger partial charge in [0, 0.05) is 22.3 Å². The number of benzene rings is 4. The summed E-state index contributed by atoms with van der Waals surface area (Å²) < 4.78 is 0. The first kappa shape index (κ1) is 23.6. The van der Waals surface area contributed by atoms with E-state index in [0.717, 1.165) is 56.2 Å². The molecule has 2 aromatic heterocycles. The molecule has 0 bridgehead atoms. The molecule has 2 nitrogen and oxygen atoms in total. The van der Waals surface area contributed by atoms with Gasteiger partial charge in [-0.25, -0.2) is 9.97 Å². The summed E-state index contributed by atoms with van der Waals surface area (Å²) in [6.45, 7) is 4.24. The molecule has 0 fully saturated rings. The van der Waals surface area contributed by atoms with E-state index in [4.69, 9.17) is 9.97 Å². The van der Waals surface area contributed by atoms with Gasteiger partial charge >= 0.3 is 0 Å². The summed E-state index contributed by atoms with van der Waals surface area (Å²) in [5, 5.41) is 0. The fourth-order valence-corrected chi connectivity index (χ4v) is 4.93. The molecule has 38 heavy (non-hydrogen) atoms. The Morgan fingerprint density at radius 3 is 1.16 bits per heavy atom. The Balaban J connectivity index is 1.54. The molecule has 0 aliphatic carbocycles. The molecule has 2 heteroatoms. The van der Waals surface area contributed by atoms with E-state index in [1.165, 1.54) is 11.1 Å². The SMILES string of the molecule is Cc1cccc(-c2nc(-c3ccc(-c4ccccc4)c(-c4cccc(C)c4)n3)ccc2-c2ccccc2)c1. The van der Waals surface area contributed by atoms with Crippen molar-refractivity contribution in [2.45, 2.75) is 13.8 Å². The highest BCUT2D eigenvalue weighted by molar-refractivity contribution is 5.85. The molecule has 2 heterocycles. The minimum atomic E-state index is 0.856. The van der Waals surface area contributed by atoms with E-state index in [-0.39, 0.29) is 0 Å². The van der Waals surface area contributed by atoms with Crippen molar-refractivity contribution < 1.29 is 0 Å². The van der Waals surface area contributed by atoms with Gasteiger partial charge in [-0.05, 0) is 61.4 Å². The first-order valence-electron chi connectivity index (χ1n) is 12.9. The quantitative estimate of drug-likeness (QED) is 0.241. The van der Waals surface area contributed by atoms with Crippen molar-refractivity contribution in [3.05, 3.63) is 145 Å². The van der Waals surface area contributed by atoms with Crippen LogP contribution in [0.2, 0.25) is 0 Å². The molecule has 0 saturated carbocycles. The van der Waals surface area contributed by atoms with Crippen LogP contribution in [0.3, 0.4) is 0 Å². The predicted molar refractivity (Wildman–Crippen MR) is 159 cm³/mol. The maximum atomic E-state index is 5.22. The zero-order chi connectivity index (χ0) is 25.9. The third-order valence-electron chi connectivity index (χ3n) is 6.81. The second-order valence-electron chi connectivity index (χ2n) is 9.66. The maximum absolute atomic E-state index is 5.22. The van der Waals surface area contributed by atoms with Crippen LogP contribution in [0.4, 0.5) is 0 Å². The average molecular weight is 489 g/mol. The second kappa shape index (κ2) is 10.3. The highest BCUT2D eigenvalue weighted by Crippen LogP contribution is 2.36. The van der Waals surface area contributed by atoms with Crippen molar-refractivity contribution in [1.29, 1.82) is 0 Å². The molecule has 0 N–H and O–H groups in total. The highest BCUT2D eigenvalue weighted by atomic mass is 14.8. The summed E-state index contributed by atoms with van der Waals surface area (Å²) in [5.41, 5.74) is 12.8. The number of nitrogens with zero attached hydrogens (tertiary/aromatic N) is 2. The van der Waals surface area contributed by atoms with Crippen molar-refractivity contribution in [2.75, 3.05) is 0 Å². The van der Waals surface area contributed by atoms with E-state index in [2.05, 4.69) is 135 Å². The van der Waals surface area contributed by atoms with Crippen molar-refractivity contribution in [3.8, 4) is 56.2 Å². The number of aryl methyl sites for hydroxylation is 2. The fourth-order valence-electron chi connectivity index (χ4n) is 4.93. The Morgan fingerprint density at radius 2 is 0.763 bits per heavy atom. The Bertz CT molecular complexity index is 1590. The minimum Gasteiger partial charge on any atom is -0.245 e. The van der Waals surface area contributed by atoms with Gasteiger partial charge in [0.2, 0.25) is 0 Å². The average Bonchev–Trinajstić information content (AvgIpc) is 2.97. The van der Waals surface area contributed by atoms with Gasteiger partial charge in [0.15, 0.2) is 0 Å². The first-order chi connectivity index (χ1) is 18.7. The van der Waals surface area contributed by atoms with Gasteiger partial charge in [-0.1, -0.05) is 108 Å². The highest BCUT2D eigenvalue weighted by Gasteiger charge is 2.15. The molecular weight excluding hydrogens is 460 g/mol. The van der Waals surface area contributed by atoms with E-state index in [0.29, 0.717) is 0 Å². The van der Waals surface area contributed by atoms with Crippen LogP contribution in [-0.4, -0.2) is 9.97 Å². The van der Waals surface area contributed by atoms with Crippen LogP contribution in [0, 0.1) is 13.8 Å². The van der Waals surface area contributed by atoms with Crippen LogP contribution in [0.25, 0.3) is 56.2 Å². The summed E-state index contributed by atoms with van der Waals surface area (Å²) in [7, 11) is 0. The topological polar surface area (TPSA) is 25.8 Å². The van der Waals surface area contributed by atoms with Crippen LogP contribution in [-0.2, 0) is 0 Å². The molecule has 6 rings (SSSR count). The van der Waals surface area contributed by atoms with Crippen LogP contribution >= 0.6 is 0 Å². The number of hydrogen-bond donors (Lipinski definition) is 0. The summed E-state index contributed by atoms with van der Waals surface area (Å²) in [5.74, 6) is 0. The monoisotopic (exact) mass is 488 g/mol. The molecule has 0 unspecified atom stereocenters. The molecule has 6 aromatic rings. The zero-order valence-electron chi connectivity index (χ0n) is 21.6. The second-order valence-corrected chi connectivity index (χ2v) is 9.66. The molecule has 4 aromatic carbocycles. The predicted octanol–water partition coefficient (Wildman–Crippen LogP) is 9.43. The summed E-state index contributed by atoms with van der Waals surface area (Å²) in [4.78, 5) is 10.4. The maximum Gasteiger partial charge on any atom is 0.0894 e. The lowest BCUT2D eigenvalue weighted by Gasteiger charge is -2.15.